The second-order valence-corrected chi connectivity index (χ2v) is 5.00. The lowest BCUT2D eigenvalue weighted by molar-refractivity contribution is 0.0603. The van der Waals surface area contributed by atoms with Gasteiger partial charge in [-0.25, -0.2) is 4.79 Å². The third-order valence-corrected chi connectivity index (χ3v) is 3.81. The highest BCUT2D eigenvalue weighted by atomic mass is 32.1. The van der Waals surface area contributed by atoms with Gasteiger partial charge in [-0.15, -0.1) is 11.3 Å². The Bertz CT molecular complexity index is 508. The zero-order valence-corrected chi connectivity index (χ0v) is 10.7. The van der Waals surface area contributed by atoms with Crippen molar-refractivity contribution in [3.8, 4) is 0 Å². The SMILES string of the molecule is COC(=O)c1c(N)nsc1NCc1cccs1. The topological polar surface area (TPSA) is 77.2 Å². The summed E-state index contributed by atoms with van der Waals surface area (Å²) in [5.41, 5.74) is 5.94. The third kappa shape index (κ3) is 2.56. The number of thiophene rings is 1. The van der Waals surface area contributed by atoms with Gasteiger partial charge in [0.25, 0.3) is 0 Å². The van der Waals surface area contributed by atoms with E-state index in [1.165, 1.54) is 12.0 Å². The first-order valence-corrected chi connectivity index (χ1v) is 6.47. The van der Waals surface area contributed by atoms with Gasteiger partial charge < -0.3 is 15.8 Å². The second-order valence-electron chi connectivity index (χ2n) is 3.20. The Morgan fingerprint density at radius 3 is 3.12 bits per heavy atom. The van der Waals surface area contributed by atoms with Crippen LogP contribution in [0.3, 0.4) is 0 Å². The van der Waals surface area contributed by atoms with Crippen molar-refractivity contribution in [2.45, 2.75) is 6.54 Å². The molecule has 0 saturated carbocycles. The van der Waals surface area contributed by atoms with Gasteiger partial charge in [-0.3, -0.25) is 0 Å². The van der Waals surface area contributed by atoms with Crippen LogP contribution in [0, 0.1) is 0 Å². The van der Waals surface area contributed by atoms with Crippen molar-refractivity contribution >= 4 is 39.7 Å². The van der Waals surface area contributed by atoms with Gasteiger partial charge in [0, 0.05) is 4.88 Å². The summed E-state index contributed by atoms with van der Waals surface area (Å²) >= 11 is 2.80. The molecule has 0 radical (unpaired) electrons. The molecule has 90 valence electrons. The Hall–Kier alpha value is -1.60. The molecular weight excluding hydrogens is 258 g/mol. The van der Waals surface area contributed by atoms with Crippen LogP contribution in [0.4, 0.5) is 10.8 Å². The zero-order valence-electron chi connectivity index (χ0n) is 9.10. The molecule has 0 spiro atoms. The number of carbonyl (C=O) groups is 1. The number of hydrogen-bond acceptors (Lipinski definition) is 7. The van der Waals surface area contributed by atoms with E-state index in [9.17, 15) is 4.79 Å². The van der Waals surface area contributed by atoms with Gasteiger partial charge in [0.2, 0.25) is 0 Å². The molecule has 0 atom stereocenters. The molecule has 7 heteroatoms. The van der Waals surface area contributed by atoms with E-state index in [0.717, 1.165) is 11.5 Å². The van der Waals surface area contributed by atoms with Crippen molar-refractivity contribution in [3.63, 3.8) is 0 Å². The van der Waals surface area contributed by atoms with Crippen molar-refractivity contribution < 1.29 is 9.53 Å². The maximum absolute atomic E-state index is 11.5. The summed E-state index contributed by atoms with van der Waals surface area (Å²) < 4.78 is 8.61. The van der Waals surface area contributed by atoms with Crippen molar-refractivity contribution in [1.29, 1.82) is 0 Å². The van der Waals surface area contributed by atoms with Gasteiger partial charge in [-0.05, 0) is 23.0 Å². The zero-order chi connectivity index (χ0) is 12.3. The molecular formula is C10H11N3O2S2. The van der Waals surface area contributed by atoms with E-state index in [4.69, 9.17) is 5.73 Å². The smallest absolute Gasteiger partial charge is 0.344 e. The van der Waals surface area contributed by atoms with Crippen LogP contribution in [-0.4, -0.2) is 17.5 Å². The molecule has 3 N–H and O–H groups in total. The number of aromatic nitrogens is 1. The predicted molar refractivity (Wildman–Crippen MR) is 69.5 cm³/mol. The van der Waals surface area contributed by atoms with Gasteiger partial charge in [-0.2, -0.15) is 4.37 Å². The molecule has 0 aliphatic heterocycles. The number of methoxy groups -OCH3 is 1. The first-order chi connectivity index (χ1) is 8.22. The van der Waals surface area contributed by atoms with Crippen LogP contribution in [0.15, 0.2) is 17.5 Å². The molecule has 0 aromatic carbocycles. The lowest BCUT2D eigenvalue weighted by Gasteiger charge is -2.04. The van der Waals surface area contributed by atoms with Crippen LogP contribution in [0.25, 0.3) is 0 Å². The second kappa shape index (κ2) is 5.15. The average Bonchev–Trinajstić information content (AvgIpc) is 2.95. The van der Waals surface area contributed by atoms with E-state index in [0.29, 0.717) is 17.1 Å². The van der Waals surface area contributed by atoms with Gasteiger partial charge in [-0.1, -0.05) is 6.07 Å². The van der Waals surface area contributed by atoms with Crippen LogP contribution in [0.2, 0.25) is 0 Å². The molecule has 17 heavy (non-hydrogen) atoms. The molecule has 5 nitrogen and oxygen atoms in total. The third-order valence-electron chi connectivity index (χ3n) is 2.11. The number of hydrogen-bond donors (Lipinski definition) is 2. The summed E-state index contributed by atoms with van der Waals surface area (Å²) in [7, 11) is 1.32. The molecule has 2 aromatic heterocycles. The summed E-state index contributed by atoms with van der Waals surface area (Å²) in [5.74, 6) is -0.263. The van der Waals surface area contributed by atoms with Crippen LogP contribution in [0.5, 0.6) is 0 Å². The number of nitrogen functional groups attached to an aromatic ring is 1. The molecule has 0 aliphatic carbocycles. The Morgan fingerprint density at radius 2 is 2.47 bits per heavy atom. The Kier molecular flexibility index (Phi) is 3.60. The summed E-state index contributed by atoms with van der Waals surface area (Å²) in [6.07, 6.45) is 0. The number of esters is 1. The van der Waals surface area contributed by atoms with Crippen molar-refractivity contribution in [3.05, 3.63) is 28.0 Å². The minimum absolute atomic E-state index is 0.204. The van der Waals surface area contributed by atoms with E-state index in [-0.39, 0.29) is 5.82 Å². The molecule has 0 saturated heterocycles. The normalized spacial score (nSPS) is 10.2. The molecule has 0 bridgehead atoms. The molecule has 0 unspecified atom stereocenters. The quantitative estimate of drug-likeness (QED) is 0.832. The molecule has 0 fully saturated rings. The van der Waals surface area contributed by atoms with Crippen LogP contribution >= 0.6 is 22.9 Å². The van der Waals surface area contributed by atoms with E-state index in [2.05, 4.69) is 14.4 Å². The summed E-state index contributed by atoms with van der Waals surface area (Å²) in [6, 6.07) is 3.99. The van der Waals surface area contributed by atoms with Crippen LogP contribution in [-0.2, 0) is 11.3 Å². The Labute approximate surface area is 106 Å². The lowest BCUT2D eigenvalue weighted by atomic mass is 10.3. The summed E-state index contributed by atoms with van der Waals surface area (Å²) in [5, 5.41) is 5.78. The lowest BCUT2D eigenvalue weighted by Crippen LogP contribution is -2.07. The Morgan fingerprint density at radius 1 is 1.65 bits per heavy atom. The van der Waals surface area contributed by atoms with E-state index in [1.54, 1.807) is 11.3 Å². The maximum atomic E-state index is 11.5. The fourth-order valence-corrected chi connectivity index (χ4v) is 2.64. The molecule has 0 aliphatic rings. The molecule has 2 heterocycles. The highest BCUT2D eigenvalue weighted by Crippen LogP contribution is 2.28. The fraction of sp³-hybridized carbons (Fsp3) is 0.200. The monoisotopic (exact) mass is 269 g/mol. The van der Waals surface area contributed by atoms with Crippen molar-refractivity contribution in [2.75, 3.05) is 18.2 Å². The number of anilines is 2. The molecule has 2 rings (SSSR count). The number of nitrogens with one attached hydrogen (secondary N) is 1. The number of nitrogens with zero attached hydrogens (tertiary/aromatic N) is 1. The minimum Gasteiger partial charge on any atom is -0.465 e. The van der Waals surface area contributed by atoms with Crippen molar-refractivity contribution in [1.82, 2.24) is 4.37 Å². The van der Waals surface area contributed by atoms with E-state index >= 15 is 0 Å². The van der Waals surface area contributed by atoms with Gasteiger partial charge >= 0.3 is 5.97 Å². The first kappa shape index (κ1) is 11.9. The molecule has 0 amide bonds. The largest absolute Gasteiger partial charge is 0.465 e. The van der Waals surface area contributed by atoms with E-state index in [1.807, 2.05) is 17.5 Å². The highest BCUT2D eigenvalue weighted by Gasteiger charge is 2.19. The van der Waals surface area contributed by atoms with Gasteiger partial charge in [0.15, 0.2) is 5.82 Å². The minimum atomic E-state index is -0.468. The van der Waals surface area contributed by atoms with Gasteiger partial charge in [0.05, 0.1) is 13.7 Å². The summed E-state index contributed by atoms with van der Waals surface area (Å²) in [6.45, 7) is 0.642. The number of ether oxygens (including phenoxy) is 1. The fourth-order valence-electron chi connectivity index (χ4n) is 1.30. The number of nitrogens with two attached hydrogens (primary N) is 1. The van der Waals surface area contributed by atoms with Gasteiger partial charge in [0.1, 0.15) is 10.6 Å². The maximum Gasteiger partial charge on any atom is 0.344 e. The Balaban J connectivity index is 2.13. The molecule has 2 aromatic rings. The summed E-state index contributed by atoms with van der Waals surface area (Å²) in [4.78, 5) is 12.7. The van der Waals surface area contributed by atoms with Crippen LogP contribution in [0.1, 0.15) is 15.2 Å². The average molecular weight is 269 g/mol. The van der Waals surface area contributed by atoms with E-state index < -0.39 is 5.97 Å². The highest BCUT2D eigenvalue weighted by molar-refractivity contribution is 7.11. The number of carbonyl (C=O) groups excluding carboxylic acids is 1. The number of rotatable bonds is 4. The standard InChI is InChI=1S/C10H11N3O2S2/c1-15-10(14)7-8(11)13-17-9(7)12-5-6-3-2-4-16-6/h2-4,12H,5H2,1H3,(H2,11,13). The predicted octanol–water partition coefficient (Wildman–Crippen LogP) is 2.19. The van der Waals surface area contributed by atoms with Crippen molar-refractivity contribution in [2.24, 2.45) is 0 Å². The van der Waals surface area contributed by atoms with Crippen LogP contribution < -0.4 is 11.1 Å². The first-order valence-electron chi connectivity index (χ1n) is 4.82.